The van der Waals surface area contributed by atoms with Crippen molar-refractivity contribution in [3.8, 4) is 17.2 Å². The van der Waals surface area contributed by atoms with E-state index in [1.807, 2.05) is 39.0 Å². The molecule has 0 atom stereocenters. The second kappa shape index (κ2) is 14.0. The smallest absolute Gasteiger partial charge is 0.587 e. The standard InChI is InChI=1S/3C8H8O2.Bi/c3*1-6-3-2-4-7(9)8(10)5-6;/h3*2-5H,1H3,(H,9,10);/q;;;+3/p+6. The summed E-state index contributed by atoms with van der Waals surface area (Å²) in [5.41, 5.74) is 3.00. The van der Waals surface area contributed by atoms with Gasteiger partial charge in [-0.1, -0.05) is 36.4 Å². The molecule has 7 heteroatoms. The van der Waals surface area contributed by atoms with Gasteiger partial charge in [-0.2, -0.15) is 0 Å². The summed E-state index contributed by atoms with van der Waals surface area (Å²) >= 11 is 0. The minimum Gasteiger partial charge on any atom is -0.587 e. The molecule has 0 spiro atoms. The second-order valence-corrected chi connectivity index (χ2v) is 6.64. The molecule has 0 unspecified atom stereocenters. The van der Waals surface area contributed by atoms with Crippen LogP contribution in [0, 0.1) is 20.8 Å². The first kappa shape index (κ1) is 28.0. The molecule has 0 aliphatic rings. The quantitative estimate of drug-likeness (QED) is 0.261. The molecule has 0 amide bonds. The SMILES string of the molecule is Cc1cccc(=[OH+])c([OH2+])c1.Cc1cccc(=[OH+])c([OH2+])c1.Cc1cccc(=[OH+])c([OH2+])c1.[Bi+3]. The topological polar surface area (TPSA) is 133 Å². The summed E-state index contributed by atoms with van der Waals surface area (Å²) in [4.78, 5) is 27.0. The summed E-state index contributed by atoms with van der Waals surface area (Å²) in [6, 6.07) is 20.1. The number of hydrogen-bond donors (Lipinski definition) is 0. The minimum absolute atomic E-state index is 0. The molecule has 3 rings (SSSR count). The molecule has 0 bridgehead atoms. The molecule has 0 heterocycles. The average Bonchev–Trinajstić information content (AvgIpc) is 2.98. The molecule has 158 valence electrons. The third kappa shape index (κ3) is 11.1. The molecule has 6 nitrogen and oxygen atoms in total. The van der Waals surface area contributed by atoms with Gasteiger partial charge in [0.15, 0.2) is 0 Å². The van der Waals surface area contributed by atoms with Gasteiger partial charge in [0, 0.05) is 18.2 Å². The van der Waals surface area contributed by atoms with Crippen LogP contribution in [0.1, 0.15) is 16.7 Å². The van der Waals surface area contributed by atoms with Crippen LogP contribution in [0.3, 0.4) is 0 Å². The molecule has 0 aliphatic heterocycles. The molecule has 31 heavy (non-hydrogen) atoms. The van der Waals surface area contributed by atoms with Crippen molar-refractivity contribution >= 4 is 26.2 Å². The molecule has 0 saturated carbocycles. The van der Waals surface area contributed by atoms with Gasteiger partial charge in [0.1, 0.15) is 0 Å². The van der Waals surface area contributed by atoms with Gasteiger partial charge in [-0.15, -0.1) is 0 Å². The molecule has 3 aromatic rings. The minimum atomic E-state index is 0. The summed E-state index contributed by atoms with van der Waals surface area (Å²) in [6.45, 7) is 5.66. The van der Waals surface area contributed by atoms with Crippen molar-refractivity contribution in [2.24, 2.45) is 0 Å². The molecule has 3 aromatic carbocycles. The summed E-state index contributed by atoms with van der Waals surface area (Å²) in [5, 5.41) is 21.7. The van der Waals surface area contributed by atoms with Gasteiger partial charge in [0.25, 0.3) is 0 Å². The first-order valence-electron chi connectivity index (χ1n) is 9.13. The van der Waals surface area contributed by atoms with Crippen LogP contribution in [-0.4, -0.2) is 55.9 Å². The fourth-order valence-corrected chi connectivity index (χ4v) is 2.19. The third-order valence-electron chi connectivity index (χ3n) is 3.78. The fraction of sp³-hybridized carbons (Fsp3) is 0.125. The third-order valence-corrected chi connectivity index (χ3v) is 3.78. The van der Waals surface area contributed by atoms with Crippen LogP contribution >= 0.6 is 0 Å². The number of rotatable bonds is 0. The van der Waals surface area contributed by atoms with E-state index in [2.05, 4.69) is 0 Å². The Morgan fingerprint density at radius 2 is 0.710 bits per heavy atom. The van der Waals surface area contributed by atoms with E-state index < -0.39 is 0 Å². The Morgan fingerprint density at radius 3 is 0.935 bits per heavy atom. The Kier molecular flexibility index (Phi) is 12.7. The molecule has 2 radical (unpaired) electrons. The normalized spacial score (nSPS) is 9.00. The summed E-state index contributed by atoms with van der Waals surface area (Å²) < 4.78 is 0. The predicted molar refractivity (Wildman–Crippen MR) is 124 cm³/mol. The van der Waals surface area contributed by atoms with E-state index in [-0.39, 0.29) is 59.7 Å². The zero-order valence-corrected chi connectivity index (χ0v) is 21.2. The Balaban J connectivity index is 0.000000429. The zero-order valence-electron chi connectivity index (χ0n) is 17.7. The molecule has 0 fully saturated rings. The van der Waals surface area contributed by atoms with Crippen molar-refractivity contribution in [3.63, 3.8) is 0 Å². The molecule has 0 aliphatic carbocycles. The Bertz CT molecular complexity index is 1030. The number of hydrogen-bond acceptors (Lipinski definition) is 0. The van der Waals surface area contributed by atoms with Crippen molar-refractivity contribution in [3.05, 3.63) is 106 Å². The first-order valence-corrected chi connectivity index (χ1v) is 9.13. The van der Waals surface area contributed by atoms with E-state index in [0.717, 1.165) is 16.7 Å². The average molecular weight is 623 g/mol. The van der Waals surface area contributed by atoms with Crippen molar-refractivity contribution in [2.45, 2.75) is 20.8 Å². The van der Waals surface area contributed by atoms with E-state index in [1.54, 1.807) is 36.4 Å². The molecule has 9 N–H and O–H groups in total. The van der Waals surface area contributed by atoms with E-state index in [1.165, 1.54) is 18.2 Å². The summed E-state index contributed by atoms with van der Waals surface area (Å²) in [6.07, 6.45) is 0. The monoisotopic (exact) mass is 623 g/mol. The van der Waals surface area contributed by atoms with Gasteiger partial charge in [-0.05, 0) is 37.5 Å². The van der Waals surface area contributed by atoms with Crippen LogP contribution in [-0.2, 0) is 0 Å². The Hall–Kier alpha value is -3.05. The van der Waals surface area contributed by atoms with Crippen LogP contribution in [0.5, 0.6) is 17.2 Å². The van der Waals surface area contributed by atoms with E-state index in [9.17, 15) is 0 Å². The van der Waals surface area contributed by atoms with Gasteiger partial charge in [-0.3, -0.25) is 14.4 Å². The largest absolute Gasteiger partial charge is 3.00 e. The molecular weight excluding hydrogens is 593 g/mol. The van der Waals surface area contributed by atoms with Crippen LogP contribution in [0.25, 0.3) is 0 Å². The van der Waals surface area contributed by atoms with E-state index >= 15 is 0 Å². The van der Waals surface area contributed by atoms with Crippen molar-refractivity contribution in [2.75, 3.05) is 0 Å². The van der Waals surface area contributed by atoms with Crippen LogP contribution in [0.2, 0.25) is 0 Å². The maximum absolute atomic E-state index is 9.02. The zero-order chi connectivity index (χ0) is 22.7. The van der Waals surface area contributed by atoms with Crippen molar-refractivity contribution in [1.29, 1.82) is 0 Å². The van der Waals surface area contributed by atoms with Gasteiger partial charge < -0.3 is 15.3 Å². The van der Waals surface area contributed by atoms with Gasteiger partial charge in [-0.25, -0.2) is 0 Å². The first-order chi connectivity index (χ1) is 14.1. The summed E-state index contributed by atoms with van der Waals surface area (Å²) in [7, 11) is 0. The predicted octanol–water partition coefficient (Wildman–Crippen LogP) is 0.932. The molecular formula is C24H30BiO6+9. The maximum Gasteiger partial charge on any atom is 3.00 e. The van der Waals surface area contributed by atoms with Gasteiger partial charge in [0.2, 0.25) is 0 Å². The van der Waals surface area contributed by atoms with E-state index in [0.29, 0.717) is 0 Å². The van der Waals surface area contributed by atoms with Crippen LogP contribution in [0.4, 0.5) is 0 Å². The molecule has 0 aromatic heterocycles. The van der Waals surface area contributed by atoms with Crippen molar-refractivity contribution < 1.29 is 29.7 Å². The van der Waals surface area contributed by atoms with Crippen LogP contribution in [0.15, 0.2) is 72.8 Å². The number of aryl methyl sites for hydroxylation is 3. The summed E-state index contributed by atoms with van der Waals surface area (Å²) in [5.74, 6) is 0.507. The Labute approximate surface area is 199 Å². The maximum atomic E-state index is 9.02. The van der Waals surface area contributed by atoms with E-state index in [4.69, 9.17) is 29.7 Å². The van der Waals surface area contributed by atoms with Crippen LogP contribution < -0.4 is 16.3 Å². The Morgan fingerprint density at radius 1 is 0.484 bits per heavy atom. The molecule has 0 saturated heterocycles. The fourth-order valence-electron chi connectivity index (χ4n) is 2.19. The van der Waals surface area contributed by atoms with Gasteiger partial charge in [0.05, 0.1) is 18.2 Å². The van der Waals surface area contributed by atoms with Gasteiger partial charge >= 0.3 is 59.7 Å². The van der Waals surface area contributed by atoms with Crippen molar-refractivity contribution in [1.82, 2.24) is 0 Å². The second-order valence-electron chi connectivity index (χ2n) is 6.64.